The molecule has 0 spiro atoms. The SMILES string of the molecule is CCOc1ccc(OC[C@@H]2CCCN2)cc1. The van der Waals surface area contributed by atoms with Gasteiger partial charge in [0.2, 0.25) is 0 Å². The van der Waals surface area contributed by atoms with Gasteiger partial charge in [0.15, 0.2) is 0 Å². The first-order valence-corrected chi connectivity index (χ1v) is 5.97. The Morgan fingerprint density at radius 1 is 1.19 bits per heavy atom. The van der Waals surface area contributed by atoms with Gasteiger partial charge in [-0.15, -0.1) is 0 Å². The van der Waals surface area contributed by atoms with E-state index in [2.05, 4.69) is 5.32 Å². The molecule has 0 radical (unpaired) electrons. The van der Waals surface area contributed by atoms with Gasteiger partial charge in [0.1, 0.15) is 18.1 Å². The van der Waals surface area contributed by atoms with Gasteiger partial charge in [-0.3, -0.25) is 0 Å². The van der Waals surface area contributed by atoms with Crippen LogP contribution in [0.5, 0.6) is 11.5 Å². The fraction of sp³-hybridized carbons (Fsp3) is 0.538. The Labute approximate surface area is 96.8 Å². The second kappa shape index (κ2) is 5.75. The number of rotatable bonds is 5. The number of nitrogens with one attached hydrogen (secondary N) is 1. The standard InChI is InChI=1S/C13H19NO2/c1-2-15-12-5-7-13(8-6-12)16-10-11-4-3-9-14-11/h5-8,11,14H,2-4,9-10H2,1H3/t11-/m0/s1. The minimum absolute atomic E-state index is 0.520. The molecule has 0 aliphatic carbocycles. The average molecular weight is 221 g/mol. The molecular formula is C13H19NO2. The second-order valence-electron chi connectivity index (χ2n) is 4.01. The van der Waals surface area contributed by atoms with E-state index in [4.69, 9.17) is 9.47 Å². The Bertz CT molecular complexity index is 304. The van der Waals surface area contributed by atoms with Crippen molar-refractivity contribution in [3.05, 3.63) is 24.3 Å². The summed E-state index contributed by atoms with van der Waals surface area (Å²) in [5, 5.41) is 3.41. The number of ether oxygens (including phenoxy) is 2. The highest BCUT2D eigenvalue weighted by atomic mass is 16.5. The van der Waals surface area contributed by atoms with Gasteiger partial charge in [-0.25, -0.2) is 0 Å². The van der Waals surface area contributed by atoms with Crippen molar-refractivity contribution in [1.29, 1.82) is 0 Å². The van der Waals surface area contributed by atoms with Crippen LogP contribution in [0.15, 0.2) is 24.3 Å². The monoisotopic (exact) mass is 221 g/mol. The van der Waals surface area contributed by atoms with Crippen LogP contribution in [0.2, 0.25) is 0 Å². The molecule has 1 saturated heterocycles. The zero-order valence-corrected chi connectivity index (χ0v) is 9.74. The largest absolute Gasteiger partial charge is 0.494 e. The van der Waals surface area contributed by atoms with E-state index in [-0.39, 0.29) is 0 Å². The minimum atomic E-state index is 0.520. The summed E-state index contributed by atoms with van der Waals surface area (Å²) in [5.74, 6) is 1.81. The van der Waals surface area contributed by atoms with E-state index in [0.29, 0.717) is 12.6 Å². The van der Waals surface area contributed by atoms with E-state index in [1.165, 1.54) is 12.8 Å². The molecule has 16 heavy (non-hydrogen) atoms. The van der Waals surface area contributed by atoms with Crippen molar-refractivity contribution >= 4 is 0 Å². The summed E-state index contributed by atoms with van der Waals surface area (Å²) in [6, 6.07) is 8.33. The predicted molar refractivity (Wildman–Crippen MR) is 64.1 cm³/mol. The smallest absolute Gasteiger partial charge is 0.119 e. The quantitative estimate of drug-likeness (QED) is 0.827. The Morgan fingerprint density at radius 2 is 1.88 bits per heavy atom. The van der Waals surface area contributed by atoms with Crippen molar-refractivity contribution in [3.8, 4) is 11.5 Å². The van der Waals surface area contributed by atoms with Crippen LogP contribution in [-0.2, 0) is 0 Å². The number of hydrogen-bond donors (Lipinski definition) is 1. The van der Waals surface area contributed by atoms with E-state index in [0.717, 1.165) is 24.7 Å². The Kier molecular flexibility index (Phi) is 4.05. The van der Waals surface area contributed by atoms with E-state index >= 15 is 0 Å². The molecule has 0 saturated carbocycles. The van der Waals surface area contributed by atoms with E-state index < -0.39 is 0 Å². The molecule has 1 N–H and O–H groups in total. The van der Waals surface area contributed by atoms with Crippen molar-refractivity contribution in [2.45, 2.75) is 25.8 Å². The predicted octanol–water partition coefficient (Wildman–Crippen LogP) is 2.22. The van der Waals surface area contributed by atoms with Gasteiger partial charge in [-0.1, -0.05) is 0 Å². The molecule has 0 aromatic heterocycles. The molecule has 2 rings (SSSR count). The third-order valence-electron chi connectivity index (χ3n) is 2.75. The molecule has 3 nitrogen and oxygen atoms in total. The molecule has 0 amide bonds. The van der Waals surface area contributed by atoms with Gasteiger partial charge in [0.05, 0.1) is 6.61 Å². The molecule has 0 unspecified atom stereocenters. The fourth-order valence-electron chi connectivity index (χ4n) is 1.89. The molecule has 1 atom stereocenters. The summed E-state index contributed by atoms with van der Waals surface area (Å²) in [4.78, 5) is 0. The molecule has 1 heterocycles. The number of benzene rings is 1. The van der Waals surface area contributed by atoms with Crippen LogP contribution in [0.4, 0.5) is 0 Å². The highest BCUT2D eigenvalue weighted by Crippen LogP contribution is 2.18. The van der Waals surface area contributed by atoms with Crippen LogP contribution in [0, 0.1) is 0 Å². The van der Waals surface area contributed by atoms with Crippen LogP contribution in [0.25, 0.3) is 0 Å². The highest BCUT2D eigenvalue weighted by molar-refractivity contribution is 5.31. The summed E-state index contributed by atoms with van der Waals surface area (Å²) >= 11 is 0. The third kappa shape index (κ3) is 3.14. The van der Waals surface area contributed by atoms with Gasteiger partial charge in [0, 0.05) is 6.04 Å². The maximum absolute atomic E-state index is 5.70. The first kappa shape index (κ1) is 11.3. The highest BCUT2D eigenvalue weighted by Gasteiger charge is 2.14. The zero-order valence-electron chi connectivity index (χ0n) is 9.74. The van der Waals surface area contributed by atoms with Crippen molar-refractivity contribution in [2.75, 3.05) is 19.8 Å². The first-order chi connectivity index (χ1) is 7.88. The van der Waals surface area contributed by atoms with Crippen LogP contribution in [0.3, 0.4) is 0 Å². The third-order valence-corrected chi connectivity index (χ3v) is 2.75. The molecule has 1 fully saturated rings. The summed E-state index contributed by atoms with van der Waals surface area (Å²) < 4.78 is 11.1. The lowest BCUT2D eigenvalue weighted by molar-refractivity contribution is 0.276. The minimum Gasteiger partial charge on any atom is -0.494 e. The second-order valence-corrected chi connectivity index (χ2v) is 4.01. The lowest BCUT2D eigenvalue weighted by Gasteiger charge is -2.12. The van der Waals surface area contributed by atoms with Crippen molar-refractivity contribution in [3.63, 3.8) is 0 Å². The van der Waals surface area contributed by atoms with Crippen LogP contribution >= 0.6 is 0 Å². The lowest BCUT2D eigenvalue weighted by Crippen LogP contribution is -2.28. The molecule has 0 bridgehead atoms. The number of hydrogen-bond acceptors (Lipinski definition) is 3. The van der Waals surface area contributed by atoms with Crippen molar-refractivity contribution in [2.24, 2.45) is 0 Å². The average Bonchev–Trinajstić information content (AvgIpc) is 2.82. The first-order valence-electron chi connectivity index (χ1n) is 5.97. The lowest BCUT2D eigenvalue weighted by atomic mass is 10.2. The van der Waals surface area contributed by atoms with Gasteiger partial charge in [-0.2, -0.15) is 0 Å². The van der Waals surface area contributed by atoms with Gasteiger partial charge in [-0.05, 0) is 50.6 Å². The Morgan fingerprint density at radius 3 is 2.44 bits per heavy atom. The van der Waals surface area contributed by atoms with Gasteiger partial charge >= 0.3 is 0 Å². The van der Waals surface area contributed by atoms with Gasteiger partial charge in [0.25, 0.3) is 0 Å². The summed E-state index contributed by atoms with van der Waals surface area (Å²) in [5.41, 5.74) is 0. The molecule has 1 aliphatic heterocycles. The van der Waals surface area contributed by atoms with Gasteiger partial charge < -0.3 is 14.8 Å². The molecule has 1 aromatic rings. The van der Waals surface area contributed by atoms with Crippen molar-refractivity contribution in [1.82, 2.24) is 5.32 Å². The van der Waals surface area contributed by atoms with Crippen LogP contribution in [-0.4, -0.2) is 25.8 Å². The Balaban J connectivity index is 1.80. The topological polar surface area (TPSA) is 30.5 Å². The maximum Gasteiger partial charge on any atom is 0.119 e. The van der Waals surface area contributed by atoms with E-state index in [1.54, 1.807) is 0 Å². The van der Waals surface area contributed by atoms with Crippen LogP contribution in [0.1, 0.15) is 19.8 Å². The molecule has 88 valence electrons. The summed E-state index contributed by atoms with van der Waals surface area (Å²) in [7, 11) is 0. The maximum atomic E-state index is 5.70. The van der Waals surface area contributed by atoms with Crippen LogP contribution < -0.4 is 14.8 Å². The summed E-state index contributed by atoms with van der Waals surface area (Å²) in [6.45, 7) is 4.56. The zero-order chi connectivity index (χ0) is 11.2. The Hall–Kier alpha value is -1.22. The molecular weight excluding hydrogens is 202 g/mol. The molecule has 1 aromatic carbocycles. The van der Waals surface area contributed by atoms with E-state index in [9.17, 15) is 0 Å². The molecule has 1 aliphatic rings. The summed E-state index contributed by atoms with van der Waals surface area (Å²) in [6.07, 6.45) is 2.48. The normalized spacial score (nSPS) is 19.7. The van der Waals surface area contributed by atoms with Crippen molar-refractivity contribution < 1.29 is 9.47 Å². The molecule has 3 heteroatoms. The van der Waals surface area contributed by atoms with E-state index in [1.807, 2.05) is 31.2 Å². The fourth-order valence-corrected chi connectivity index (χ4v) is 1.89.